The number of hydrogen-bond donors (Lipinski definition) is 2. The van der Waals surface area contributed by atoms with Crippen LogP contribution in [0.2, 0.25) is 0 Å². The van der Waals surface area contributed by atoms with Gasteiger partial charge in [0.1, 0.15) is 16.2 Å². The number of carbonyl (C=O) groups excluding carboxylic acids is 1. The second kappa shape index (κ2) is 15.4. The first-order chi connectivity index (χ1) is 9.77. The third-order valence-corrected chi connectivity index (χ3v) is 3.51. The summed E-state index contributed by atoms with van der Waals surface area (Å²) in [6, 6.07) is 0. The molecule has 0 rings (SSSR count). The third-order valence-electron chi connectivity index (χ3n) is 2.68. The van der Waals surface area contributed by atoms with Crippen molar-refractivity contribution in [3.05, 3.63) is 12.2 Å². The van der Waals surface area contributed by atoms with Gasteiger partial charge in [-0.15, -0.1) is 0 Å². The van der Waals surface area contributed by atoms with Gasteiger partial charge in [0.25, 0.3) is 0 Å². The van der Waals surface area contributed by atoms with Crippen LogP contribution in [0.15, 0.2) is 12.2 Å². The van der Waals surface area contributed by atoms with Crippen molar-refractivity contribution in [1.82, 2.24) is 5.32 Å². The molecular formula is C14H28NNaO6S. The van der Waals surface area contributed by atoms with Gasteiger partial charge >= 0.3 is 35.7 Å². The van der Waals surface area contributed by atoms with Crippen molar-refractivity contribution >= 4 is 16.2 Å². The Morgan fingerprint density at radius 2 is 1.96 bits per heavy atom. The van der Waals surface area contributed by atoms with E-state index in [1.165, 1.54) is 12.8 Å². The number of aliphatic hydroxyl groups excluding tert-OH is 1. The van der Waals surface area contributed by atoms with E-state index in [1.54, 1.807) is 13.0 Å². The van der Waals surface area contributed by atoms with E-state index in [1.807, 2.05) is 11.4 Å². The molecule has 132 valence electrons. The monoisotopic (exact) mass is 361 g/mol. The number of alkyl carbamates (subject to hydrolysis) is 1. The number of nitrogens with one attached hydrogen (secondary N) is 1. The second-order valence-electron chi connectivity index (χ2n) is 4.72. The molecular weight excluding hydrogens is 333 g/mol. The summed E-state index contributed by atoms with van der Waals surface area (Å²) in [6.45, 7) is 3.10. The zero-order chi connectivity index (χ0) is 16.3. The van der Waals surface area contributed by atoms with Gasteiger partial charge < -0.3 is 19.7 Å². The predicted molar refractivity (Wildman–Crippen MR) is 84.3 cm³/mol. The Balaban J connectivity index is -0.00000200. The maximum absolute atomic E-state index is 11.3. The fourth-order valence-corrected chi connectivity index (χ4v) is 1.79. The standard InChI is InChI=1S/C13H25NO6S.CH4.Na/c1-3-4-5-6-7-8-9-11(2)20-13(16)14-10-12(15)21(17,18)19;;/h8-9,11-12,15H,3-7,10H2,1-2H3,(H,14,16)(H,17,18,19);1H4;/q;;+1/p-1/b9-8+;;. The average Bonchev–Trinajstić information content (AvgIpc) is 2.38. The number of amides is 1. The van der Waals surface area contributed by atoms with Gasteiger partial charge in [-0.3, -0.25) is 0 Å². The Morgan fingerprint density at radius 1 is 1.35 bits per heavy atom. The zero-order valence-corrected chi connectivity index (χ0v) is 16.3. The predicted octanol–water partition coefficient (Wildman–Crippen LogP) is -0.869. The number of ether oxygens (including phenoxy) is 1. The third kappa shape index (κ3) is 16.5. The topological polar surface area (TPSA) is 116 Å². The van der Waals surface area contributed by atoms with E-state index in [4.69, 9.17) is 9.84 Å². The molecule has 0 heterocycles. The minimum Gasteiger partial charge on any atom is -0.746 e. The van der Waals surface area contributed by atoms with E-state index < -0.39 is 34.3 Å². The van der Waals surface area contributed by atoms with E-state index >= 15 is 0 Å². The molecule has 0 aromatic rings. The smallest absolute Gasteiger partial charge is 0.746 e. The molecule has 1 amide bonds. The molecule has 0 fully saturated rings. The van der Waals surface area contributed by atoms with Gasteiger partial charge in [0.05, 0.1) is 6.54 Å². The Labute approximate surface area is 161 Å². The summed E-state index contributed by atoms with van der Waals surface area (Å²) in [5.74, 6) is 0. The number of hydrogen-bond acceptors (Lipinski definition) is 6. The summed E-state index contributed by atoms with van der Waals surface area (Å²) in [5.41, 5.74) is -2.17. The Kier molecular flexibility index (Phi) is 18.6. The fourth-order valence-electron chi connectivity index (χ4n) is 1.50. The molecule has 23 heavy (non-hydrogen) atoms. The van der Waals surface area contributed by atoms with Crippen molar-refractivity contribution in [2.45, 2.75) is 64.9 Å². The van der Waals surface area contributed by atoms with Crippen LogP contribution in [0.1, 0.15) is 53.4 Å². The number of rotatable bonds is 10. The molecule has 0 spiro atoms. The molecule has 9 heteroatoms. The summed E-state index contributed by atoms with van der Waals surface area (Å²) >= 11 is 0. The van der Waals surface area contributed by atoms with Crippen LogP contribution >= 0.6 is 0 Å². The van der Waals surface area contributed by atoms with Crippen molar-refractivity contribution in [2.75, 3.05) is 6.54 Å². The average molecular weight is 361 g/mol. The van der Waals surface area contributed by atoms with Crippen LogP contribution in [-0.2, 0) is 14.9 Å². The van der Waals surface area contributed by atoms with Crippen molar-refractivity contribution in [1.29, 1.82) is 0 Å². The van der Waals surface area contributed by atoms with E-state index in [2.05, 4.69) is 6.92 Å². The Morgan fingerprint density at radius 3 is 2.48 bits per heavy atom. The summed E-state index contributed by atoms with van der Waals surface area (Å²) < 4.78 is 36.1. The molecule has 0 aliphatic rings. The normalized spacial score (nSPS) is 13.6. The summed E-state index contributed by atoms with van der Waals surface area (Å²) in [5, 5.41) is 10.9. The Hall–Kier alpha value is -0.120. The van der Waals surface area contributed by atoms with Gasteiger partial charge in [-0.25, -0.2) is 13.2 Å². The zero-order valence-electron chi connectivity index (χ0n) is 13.4. The molecule has 2 atom stereocenters. The van der Waals surface area contributed by atoms with Crippen LogP contribution in [0.5, 0.6) is 0 Å². The van der Waals surface area contributed by atoms with Crippen molar-refractivity contribution in [3.63, 3.8) is 0 Å². The maximum atomic E-state index is 11.3. The minimum atomic E-state index is -4.83. The van der Waals surface area contributed by atoms with Crippen molar-refractivity contribution < 1.29 is 57.2 Å². The number of aliphatic hydroxyl groups is 1. The Bertz CT molecular complexity index is 427. The first kappa shape index (κ1) is 27.7. The number of allylic oxidation sites excluding steroid dienone is 1. The molecule has 0 radical (unpaired) electrons. The molecule has 2 unspecified atom stereocenters. The maximum Gasteiger partial charge on any atom is 1.00 e. The first-order valence-electron chi connectivity index (χ1n) is 7.01. The molecule has 7 nitrogen and oxygen atoms in total. The van der Waals surface area contributed by atoms with E-state index in [0.717, 1.165) is 19.3 Å². The van der Waals surface area contributed by atoms with Gasteiger partial charge in [0.15, 0.2) is 5.44 Å². The van der Waals surface area contributed by atoms with Gasteiger partial charge in [0.2, 0.25) is 0 Å². The molecule has 0 bridgehead atoms. The molecule has 0 aromatic carbocycles. The van der Waals surface area contributed by atoms with Crippen LogP contribution in [0.4, 0.5) is 4.79 Å². The number of carbonyl (C=O) groups is 1. The minimum absolute atomic E-state index is 0. The van der Waals surface area contributed by atoms with Gasteiger partial charge in [-0.2, -0.15) is 0 Å². The quantitative estimate of drug-likeness (QED) is 0.226. The van der Waals surface area contributed by atoms with E-state index in [9.17, 15) is 17.8 Å². The summed E-state index contributed by atoms with van der Waals surface area (Å²) in [7, 11) is -4.83. The van der Waals surface area contributed by atoms with Crippen molar-refractivity contribution in [3.8, 4) is 0 Å². The van der Waals surface area contributed by atoms with Crippen LogP contribution in [0.25, 0.3) is 0 Å². The molecule has 0 aliphatic carbocycles. The first-order valence-corrected chi connectivity index (χ1v) is 8.48. The largest absolute Gasteiger partial charge is 1.00 e. The SMILES string of the molecule is C.CCCCCC/C=C/C(C)OC(=O)NCC(O)S(=O)(=O)[O-].[Na+]. The van der Waals surface area contributed by atoms with Gasteiger partial charge in [-0.05, 0) is 25.8 Å². The number of unbranched alkanes of at least 4 members (excludes halogenated alkanes) is 4. The van der Waals surface area contributed by atoms with Crippen molar-refractivity contribution in [2.24, 2.45) is 0 Å². The van der Waals surface area contributed by atoms with E-state index in [0.29, 0.717) is 0 Å². The second-order valence-corrected chi connectivity index (χ2v) is 6.25. The molecule has 0 saturated carbocycles. The van der Waals surface area contributed by atoms with Gasteiger partial charge in [0, 0.05) is 0 Å². The fraction of sp³-hybridized carbons (Fsp3) is 0.786. The van der Waals surface area contributed by atoms with Gasteiger partial charge in [-0.1, -0.05) is 39.7 Å². The summed E-state index contributed by atoms with van der Waals surface area (Å²) in [6.07, 6.45) is 7.81. The molecule has 2 N–H and O–H groups in total. The van der Waals surface area contributed by atoms with E-state index in [-0.39, 0.29) is 37.0 Å². The summed E-state index contributed by atoms with van der Waals surface area (Å²) in [4.78, 5) is 11.3. The van der Waals surface area contributed by atoms with Crippen LogP contribution in [-0.4, -0.2) is 42.3 Å². The molecule has 0 saturated heterocycles. The van der Waals surface area contributed by atoms with Crippen LogP contribution < -0.4 is 34.9 Å². The molecule has 0 aliphatic heterocycles. The van der Waals surface area contributed by atoms with Crippen LogP contribution in [0, 0.1) is 0 Å². The van der Waals surface area contributed by atoms with Crippen LogP contribution in [0.3, 0.4) is 0 Å². The molecule has 0 aromatic heterocycles.